The van der Waals surface area contributed by atoms with Gasteiger partial charge < -0.3 is 19.5 Å². The van der Waals surface area contributed by atoms with Gasteiger partial charge in [-0.05, 0) is 43.3 Å². The minimum absolute atomic E-state index is 0.0759. The first kappa shape index (κ1) is 22.6. The average Bonchev–Trinajstić information content (AvgIpc) is 3.16. The zero-order valence-electron chi connectivity index (χ0n) is 17.4. The van der Waals surface area contributed by atoms with E-state index in [2.05, 4.69) is 4.98 Å². The number of fused-ring (bicyclic) bond motifs is 1. The van der Waals surface area contributed by atoms with Crippen molar-refractivity contribution in [3.8, 4) is 11.5 Å². The van der Waals surface area contributed by atoms with E-state index in [9.17, 15) is 23.4 Å². The molecule has 0 radical (unpaired) electrons. The third-order valence-electron chi connectivity index (χ3n) is 5.24. The molecule has 0 amide bonds. The van der Waals surface area contributed by atoms with Gasteiger partial charge in [0.25, 0.3) is 0 Å². The Hall–Kier alpha value is -2.60. The topological polar surface area (TPSA) is 122 Å². The molecule has 9 nitrogen and oxygen atoms in total. The maximum atomic E-state index is 13.0. The lowest BCUT2D eigenvalue weighted by Gasteiger charge is -2.26. The number of phenols is 2. The van der Waals surface area contributed by atoms with Crippen molar-refractivity contribution in [3.05, 3.63) is 42.0 Å². The number of carbonyl (C=O) groups is 1. The van der Waals surface area contributed by atoms with Crippen molar-refractivity contribution in [1.82, 2.24) is 13.9 Å². The molecule has 1 fully saturated rings. The molecule has 11 heteroatoms. The molecule has 4 rings (SSSR count). The summed E-state index contributed by atoms with van der Waals surface area (Å²) in [5.41, 5.74) is 1.61. The van der Waals surface area contributed by atoms with Gasteiger partial charge in [-0.25, -0.2) is 13.4 Å². The van der Waals surface area contributed by atoms with E-state index in [1.165, 1.54) is 34.3 Å². The predicted octanol–water partition coefficient (Wildman–Crippen LogP) is 2.46. The number of nitrogens with zero attached hydrogens (tertiary/aromatic N) is 3. The number of imidazole rings is 1. The van der Waals surface area contributed by atoms with E-state index < -0.39 is 10.0 Å². The molecule has 170 valence electrons. The molecule has 32 heavy (non-hydrogen) atoms. The zero-order valence-corrected chi connectivity index (χ0v) is 19.0. The Kier molecular flexibility index (Phi) is 6.42. The van der Waals surface area contributed by atoms with Crippen LogP contribution in [0.2, 0.25) is 0 Å². The number of aromatic hydroxyl groups is 2. The fourth-order valence-electron chi connectivity index (χ4n) is 3.51. The van der Waals surface area contributed by atoms with E-state index >= 15 is 0 Å². The molecule has 2 heterocycles. The van der Waals surface area contributed by atoms with Crippen LogP contribution in [0, 0.1) is 0 Å². The number of benzene rings is 2. The van der Waals surface area contributed by atoms with Crippen LogP contribution >= 0.6 is 11.8 Å². The van der Waals surface area contributed by atoms with E-state index in [0.29, 0.717) is 43.5 Å². The van der Waals surface area contributed by atoms with Gasteiger partial charge in [-0.2, -0.15) is 4.31 Å². The summed E-state index contributed by atoms with van der Waals surface area (Å²) in [5, 5.41) is 19.6. The molecule has 2 N–H and O–H groups in total. The Morgan fingerprint density at radius 2 is 1.88 bits per heavy atom. The van der Waals surface area contributed by atoms with Crippen molar-refractivity contribution >= 4 is 38.6 Å². The Morgan fingerprint density at radius 1 is 1.12 bits per heavy atom. The van der Waals surface area contributed by atoms with Gasteiger partial charge in [0.15, 0.2) is 22.4 Å². The maximum Gasteiger partial charge on any atom is 0.243 e. The zero-order chi connectivity index (χ0) is 22.9. The average molecular weight is 478 g/mol. The number of sulfonamides is 1. The number of ketones is 1. The molecule has 3 aromatic rings. The van der Waals surface area contributed by atoms with Crippen LogP contribution in [0.5, 0.6) is 11.5 Å². The molecule has 0 bridgehead atoms. The van der Waals surface area contributed by atoms with Crippen LogP contribution in [0.15, 0.2) is 46.5 Å². The molecule has 1 saturated heterocycles. The van der Waals surface area contributed by atoms with E-state index in [1.54, 1.807) is 18.2 Å². The highest BCUT2D eigenvalue weighted by Gasteiger charge is 2.27. The number of rotatable bonds is 7. The number of carbonyl (C=O) groups excluding carboxylic acids is 1. The molecule has 1 aliphatic rings. The molecule has 1 aliphatic heterocycles. The van der Waals surface area contributed by atoms with Crippen molar-refractivity contribution in [3.63, 3.8) is 0 Å². The first-order valence-electron chi connectivity index (χ1n) is 10.1. The van der Waals surface area contributed by atoms with Gasteiger partial charge in [0.2, 0.25) is 10.0 Å². The first-order valence-corrected chi connectivity index (χ1v) is 12.5. The van der Waals surface area contributed by atoms with Crippen molar-refractivity contribution < 1.29 is 28.2 Å². The molecule has 0 aliphatic carbocycles. The van der Waals surface area contributed by atoms with Crippen molar-refractivity contribution in [2.45, 2.75) is 23.5 Å². The minimum Gasteiger partial charge on any atom is -0.504 e. The number of morpholine rings is 1. The second kappa shape index (κ2) is 9.10. The summed E-state index contributed by atoms with van der Waals surface area (Å²) < 4.78 is 34.5. The van der Waals surface area contributed by atoms with E-state index in [0.717, 1.165) is 5.52 Å². The quantitative estimate of drug-likeness (QED) is 0.302. The lowest BCUT2D eigenvalue weighted by atomic mass is 10.1. The highest BCUT2D eigenvalue weighted by molar-refractivity contribution is 7.99. The standard InChI is InChI=1S/C21H23N3O6S2/c1-2-24-17-5-4-15(32(28,29)23-7-9-30-10-8-23)12-16(17)22-21(24)31-13-20(27)14-3-6-18(25)19(26)11-14/h3-6,11-12,25-26H,2,7-10,13H2,1H3. The van der Waals surface area contributed by atoms with Crippen LogP contribution in [0.3, 0.4) is 0 Å². The van der Waals surface area contributed by atoms with Crippen molar-refractivity contribution in [2.24, 2.45) is 0 Å². The fraction of sp³-hybridized carbons (Fsp3) is 0.333. The number of aromatic nitrogens is 2. The highest BCUT2D eigenvalue weighted by Crippen LogP contribution is 2.29. The Bertz CT molecular complexity index is 1270. The van der Waals surface area contributed by atoms with E-state index in [1.807, 2.05) is 11.5 Å². The molecule has 0 saturated carbocycles. The van der Waals surface area contributed by atoms with Crippen LogP contribution in [-0.4, -0.2) is 70.3 Å². The molecule has 1 aromatic heterocycles. The monoisotopic (exact) mass is 477 g/mol. The van der Waals surface area contributed by atoms with Gasteiger partial charge in [-0.1, -0.05) is 11.8 Å². The second-order valence-electron chi connectivity index (χ2n) is 7.22. The second-order valence-corrected chi connectivity index (χ2v) is 10.1. The van der Waals surface area contributed by atoms with Crippen molar-refractivity contribution in [1.29, 1.82) is 0 Å². The van der Waals surface area contributed by atoms with Gasteiger partial charge in [0, 0.05) is 25.2 Å². The first-order chi connectivity index (χ1) is 15.3. The summed E-state index contributed by atoms with van der Waals surface area (Å²) in [4.78, 5) is 17.3. The summed E-state index contributed by atoms with van der Waals surface area (Å²) in [6, 6.07) is 8.83. The number of aryl methyl sites for hydroxylation is 1. The summed E-state index contributed by atoms with van der Waals surface area (Å²) in [6.45, 7) is 3.94. The third kappa shape index (κ3) is 4.33. The minimum atomic E-state index is -3.63. The number of thioether (sulfide) groups is 1. The van der Waals surface area contributed by atoms with Gasteiger partial charge in [-0.15, -0.1) is 0 Å². The van der Waals surface area contributed by atoms with Crippen LogP contribution in [-0.2, 0) is 21.3 Å². The third-order valence-corrected chi connectivity index (χ3v) is 8.11. The molecule has 0 unspecified atom stereocenters. The number of hydrogen-bond donors (Lipinski definition) is 2. The Labute approximate surface area is 189 Å². The number of ether oxygens (including phenoxy) is 1. The van der Waals surface area contributed by atoms with Gasteiger partial charge in [-0.3, -0.25) is 4.79 Å². The lowest BCUT2D eigenvalue weighted by molar-refractivity contribution is 0.0730. The number of hydrogen-bond acceptors (Lipinski definition) is 8. The van der Waals surface area contributed by atoms with E-state index in [-0.39, 0.29) is 33.5 Å². The normalized spacial score (nSPS) is 15.3. The molecule has 2 aromatic carbocycles. The summed E-state index contributed by atoms with van der Waals surface area (Å²) in [6.07, 6.45) is 0. The Morgan fingerprint density at radius 3 is 2.56 bits per heavy atom. The molecular weight excluding hydrogens is 454 g/mol. The summed E-state index contributed by atoms with van der Waals surface area (Å²) in [5.74, 6) is -0.789. The Balaban J connectivity index is 1.58. The van der Waals surface area contributed by atoms with Gasteiger partial charge in [0.05, 0.1) is 34.9 Å². The summed E-state index contributed by atoms with van der Waals surface area (Å²) >= 11 is 1.23. The van der Waals surface area contributed by atoms with Crippen molar-refractivity contribution in [2.75, 3.05) is 32.1 Å². The van der Waals surface area contributed by atoms with Crippen LogP contribution in [0.1, 0.15) is 17.3 Å². The lowest BCUT2D eigenvalue weighted by Crippen LogP contribution is -2.40. The summed E-state index contributed by atoms with van der Waals surface area (Å²) in [7, 11) is -3.63. The van der Waals surface area contributed by atoms with Crippen LogP contribution < -0.4 is 0 Å². The molecular formula is C21H23N3O6S2. The van der Waals surface area contributed by atoms with Gasteiger partial charge in [0.1, 0.15) is 0 Å². The molecule has 0 spiro atoms. The smallest absolute Gasteiger partial charge is 0.243 e. The largest absolute Gasteiger partial charge is 0.504 e. The highest BCUT2D eigenvalue weighted by atomic mass is 32.2. The predicted molar refractivity (Wildman–Crippen MR) is 120 cm³/mol. The van der Waals surface area contributed by atoms with E-state index in [4.69, 9.17) is 4.74 Å². The van der Waals surface area contributed by atoms with Crippen LogP contribution in [0.4, 0.5) is 0 Å². The number of Topliss-reactive ketones (excluding diaryl/α,β-unsaturated/α-hetero) is 1. The molecule has 0 atom stereocenters. The number of phenolic OH excluding ortho intramolecular Hbond substituents is 2. The fourth-order valence-corrected chi connectivity index (χ4v) is 5.91. The van der Waals surface area contributed by atoms with Crippen LogP contribution in [0.25, 0.3) is 11.0 Å². The SMILES string of the molecule is CCn1c(SCC(=O)c2ccc(O)c(O)c2)nc2cc(S(=O)(=O)N3CCOCC3)ccc21. The maximum absolute atomic E-state index is 13.0. The van der Waals surface area contributed by atoms with Gasteiger partial charge >= 0.3 is 0 Å².